The van der Waals surface area contributed by atoms with Crippen molar-refractivity contribution in [2.24, 2.45) is 0 Å². The van der Waals surface area contributed by atoms with Crippen LogP contribution in [0.25, 0.3) is 0 Å². The van der Waals surface area contributed by atoms with Gasteiger partial charge < -0.3 is 4.74 Å². The van der Waals surface area contributed by atoms with Gasteiger partial charge in [-0.15, -0.1) is 0 Å². The van der Waals surface area contributed by atoms with Gasteiger partial charge >= 0.3 is 33.8 Å². The molecule has 0 saturated heterocycles. The molecule has 27 heavy (non-hydrogen) atoms. The minimum absolute atomic E-state index is 0.135. The average Bonchev–Trinajstić information content (AvgIpc) is 2.41. The van der Waals surface area contributed by atoms with Crippen molar-refractivity contribution in [3.05, 3.63) is 0 Å². The zero-order valence-corrected chi connectivity index (χ0v) is 13.8. The summed E-state index contributed by atoms with van der Waals surface area (Å²) in [7, 11) is -7.13. The van der Waals surface area contributed by atoms with Gasteiger partial charge in [-0.25, -0.2) is 8.78 Å². The molecular formula is C10H11F11O5S. The van der Waals surface area contributed by atoms with E-state index in [0.29, 0.717) is 6.92 Å². The van der Waals surface area contributed by atoms with E-state index < -0.39 is 58.3 Å². The third-order valence-electron chi connectivity index (χ3n) is 2.93. The van der Waals surface area contributed by atoms with Crippen molar-refractivity contribution in [1.82, 2.24) is 0 Å². The van der Waals surface area contributed by atoms with E-state index in [1.165, 1.54) is 0 Å². The molecule has 0 fully saturated rings. The molecule has 0 rings (SSSR count). The zero-order chi connectivity index (χ0) is 22.3. The summed E-state index contributed by atoms with van der Waals surface area (Å²) in [5.74, 6) is -4.18. The average molecular weight is 452 g/mol. The topological polar surface area (TPSA) is 72.8 Å². The van der Waals surface area contributed by atoms with Gasteiger partial charge in [0, 0.05) is 6.42 Å². The van der Waals surface area contributed by atoms with E-state index in [2.05, 4.69) is 9.47 Å². The van der Waals surface area contributed by atoms with Crippen LogP contribution in [0.15, 0.2) is 0 Å². The number of halogens is 11. The lowest BCUT2D eigenvalue weighted by Gasteiger charge is -2.35. The summed E-state index contributed by atoms with van der Waals surface area (Å²) in [6.45, 7) is 0.840. The van der Waals surface area contributed by atoms with Crippen LogP contribution in [0.1, 0.15) is 20.3 Å². The first-order valence-corrected chi connectivity index (χ1v) is 7.87. The van der Waals surface area contributed by atoms with Gasteiger partial charge in [0.25, 0.3) is 5.92 Å². The van der Waals surface area contributed by atoms with Crippen LogP contribution in [0.4, 0.5) is 48.3 Å². The summed E-state index contributed by atoms with van der Waals surface area (Å²) in [5.41, 5.74) is 0. The molecule has 0 heterocycles. The Bertz CT molecular complexity index is 616. The van der Waals surface area contributed by atoms with E-state index >= 15 is 0 Å². The molecule has 0 spiro atoms. The molecule has 5 nitrogen and oxygen atoms in total. The second kappa shape index (κ2) is 7.47. The van der Waals surface area contributed by atoms with Gasteiger partial charge in [-0.3, -0.25) is 9.29 Å². The third-order valence-corrected chi connectivity index (χ3v) is 3.82. The first-order chi connectivity index (χ1) is 11.5. The Labute approximate surface area is 144 Å². The Balaban J connectivity index is 5.97. The maximum atomic E-state index is 13.5. The van der Waals surface area contributed by atoms with Crippen LogP contribution in [-0.2, 0) is 19.6 Å². The molecule has 0 aromatic rings. The number of ether oxygens (including phenoxy) is 2. The van der Waals surface area contributed by atoms with Crippen molar-refractivity contribution in [3.8, 4) is 0 Å². The number of alkyl halides is 11. The summed E-state index contributed by atoms with van der Waals surface area (Å²) < 4.78 is 177. The van der Waals surface area contributed by atoms with Crippen LogP contribution >= 0.6 is 0 Å². The summed E-state index contributed by atoms with van der Waals surface area (Å²) in [6, 6.07) is 0. The number of rotatable bonds is 9. The van der Waals surface area contributed by atoms with Crippen molar-refractivity contribution < 1.29 is 70.7 Å². The lowest BCUT2D eigenvalue weighted by Crippen LogP contribution is -2.58. The quantitative estimate of drug-likeness (QED) is 0.422. The Morgan fingerprint density at radius 3 is 1.59 bits per heavy atom. The molecule has 0 aliphatic heterocycles. The van der Waals surface area contributed by atoms with E-state index in [4.69, 9.17) is 4.55 Å². The highest BCUT2D eigenvalue weighted by atomic mass is 32.2. The van der Waals surface area contributed by atoms with Crippen LogP contribution in [0.2, 0.25) is 0 Å². The van der Waals surface area contributed by atoms with Crippen LogP contribution in [0.3, 0.4) is 0 Å². The maximum absolute atomic E-state index is 13.5. The molecule has 0 radical (unpaired) electrons. The van der Waals surface area contributed by atoms with Crippen molar-refractivity contribution in [3.63, 3.8) is 0 Å². The van der Waals surface area contributed by atoms with Crippen LogP contribution in [0.5, 0.6) is 0 Å². The second-order valence-electron chi connectivity index (χ2n) is 4.98. The summed E-state index contributed by atoms with van der Waals surface area (Å²) >= 11 is 0. The smallest absolute Gasteiger partial charge is 0.309 e. The summed E-state index contributed by atoms with van der Waals surface area (Å²) in [6.07, 6.45) is -29.1. The van der Waals surface area contributed by atoms with E-state index in [1.54, 1.807) is 0 Å². The van der Waals surface area contributed by atoms with Crippen LogP contribution < -0.4 is 0 Å². The van der Waals surface area contributed by atoms with E-state index in [9.17, 15) is 56.7 Å². The fourth-order valence-electron chi connectivity index (χ4n) is 1.36. The normalized spacial score (nSPS) is 17.7. The first kappa shape index (κ1) is 26.1. The first-order valence-electron chi connectivity index (χ1n) is 6.43. The molecule has 0 aliphatic rings. The van der Waals surface area contributed by atoms with E-state index in [-0.39, 0.29) is 6.92 Å². The molecule has 0 bridgehead atoms. The Morgan fingerprint density at radius 1 is 0.889 bits per heavy atom. The van der Waals surface area contributed by atoms with Gasteiger partial charge in [0.05, 0.1) is 0 Å². The van der Waals surface area contributed by atoms with Crippen molar-refractivity contribution in [1.29, 1.82) is 0 Å². The Morgan fingerprint density at radius 2 is 1.30 bits per heavy atom. The monoisotopic (exact) mass is 452 g/mol. The molecule has 0 amide bonds. The molecule has 17 heteroatoms. The fourth-order valence-corrected chi connectivity index (χ4v) is 1.71. The molecule has 2 unspecified atom stereocenters. The second-order valence-corrected chi connectivity index (χ2v) is 6.45. The van der Waals surface area contributed by atoms with Gasteiger partial charge in [-0.05, 0) is 6.92 Å². The van der Waals surface area contributed by atoms with Crippen LogP contribution in [0, 0.1) is 0 Å². The lowest BCUT2D eigenvalue weighted by atomic mass is 10.1. The highest BCUT2D eigenvalue weighted by molar-refractivity contribution is 7.86. The van der Waals surface area contributed by atoms with Crippen molar-refractivity contribution >= 4 is 10.1 Å². The molecular weight excluding hydrogens is 441 g/mol. The molecule has 2 atom stereocenters. The summed E-state index contributed by atoms with van der Waals surface area (Å²) in [4.78, 5) is 0. The highest BCUT2D eigenvalue weighted by Crippen LogP contribution is 2.46. The third kappa shape index (κ3) is 5.77. The highest BCUT2D eigenvalue weighted by Gasteiger charge is 2.73. The largest absolute Gasteiger partial charge is 0.459 e. The molecule has 164 valence electrons. The van der Waals surface area contributed by atoms with Gasteiger partial charge in [-0.2, -0.15) is 47.9 Å². The molecule has 0 saturated carbocycles. The minimum atomic E-state index is -7.13. The van der Waals surface area contributed by atoms with Gasteiger partial charge in [0.2, 0.25) is 6.10 Å². The Kier molecular flexibility index (Phi) is 7.21. The standard InChI is InChI=1S/C10H11F11O5S/c1-3-6(11,12)4(2)25-8(16,17)5(7(13,14)15)26-9(18,19)10(20,21)27(22,23)24/h4-5H,3H2,1-2H3,(H,22,23,24). The predicted octanol–water partition coefficient (Wildman–Crippen LogP) is 4.05. The van der Waals surface area contributed by atoms with Crippen LogP contribution in [-0.4, -0.2) is 54.7 Å². The maximum Gasteiger partial charge on any atom is 0.459 e. The molecule has 0 aromatic carbocycles. The van der Waals surface area contributed by atoms with Crippen molar-refractivity contribution in [2.45, 2.75) is 62.0 Å². The molecule has 0 aromatic heterocycles. The van der Waals surface area contributed by atoms with Crippen molar-refractivity contribution in [2.75, 3.05) is 0 Å². The van der Waals surface area contributed by atoms with E-state index in [1.807, 2.05) is 0 Å². The van der Waals surface area contributed by atoms with Gasteiger partial charge in [-0.1, -0.05) is 6.92 Å². The number of hydrogen-bond acceptors (Lipinski definition) is 4. The lowest BCUT2D eigenvalue weighted by molar-refractivity contribution is -0.442. The van der Waals surface area contributed by atoms with Gasteiger partial charge in [0.15, 0.2) is 0 Å². The van der Waals surface area contributed by atoms with E-state index in [0.717, 1.165) is 0 Å². The van der Waals surface area contributed by atoms with Gasteiger partial charge in [0.1, 0.15) is 6.10 Å². The minimum Gasteiger partial charge on any atom is -0.309 e. The summed E-state index contributed by atoms with van der Waals surface area (Å²) in [5, 5.41) is -6.79. The Hall–Kier alpha value is -0.940. The molecule has 0 aliphatic carbocycles. The predicted molar refractivity (Wildman–Crippen MR) is 63.1 cm³/mol. The fraction of sp³-hybridized carbons (Fsp3) is 1.00. The zero-order valence-electron chi connectivity index (χ0n) is 13.0. The SMILES string of the molecule is CCC(F)(F)C(C)OC(F)(F)C(OC(F)(F)C(F)(F)S(=O)(=O)O)C(F)(F)F. The number of hydrogen-bond donors (Lipinski definition) is 1. The molecule has 1 N–H and O–H groups in total.